The van der Waals surface area contributed by atoms with E-state index in [4.69, 9.17) is 4.74 Å². The van der Waals surface area contributed by atoms with Crippen molar-refractivity contribution in [3.8, 4) is 0 Å². The minimum absolute atomic E-state index is 0.0134. The van der Waals surface area contributed by atoms with Crippen molar-refractivity contribution in [1.82, 2.24) is 14.7 Å². The highest BCUT2D eigenvalue weighted by Crippen LogP contribution is 2.34. The molecule has 3 aliphatic heterocycles. The lowest BCUT2D eigenvalue weighted by atomic mass is 9.83. The van der Waals surface area contributed by atoms with Crippen molar-refractivity contribution in [2.45, 2.75) is 50.7 Å². The molecule has 0 aliphatic carbocycles. The number of anilines is 1. The number of fused-ring (bicyclic) bond motifs is 2. The minimum Gasteiger partial charge on any atom is -0.385 e. The number of methoxy groups -OCH3 is 1. The highest BCUT2D eigenvalue weighted by molar-refractivity contribution is 6.03. The van der Waals surface area contributed by atoms with Gasteiger partial charge in [0.1, 0.15) is 12.7 Å². The van der Waals surface area contributed by atoms with Gasteiger partial charge in [0, 0.05) is 38.5 Å². The van der Waals surface area contributed by atoms with Gasteiger partial charge < -0.3 is 24.8 Å². The lowest BCUT2D eigenvalue weighted by Crippen LogP contribution is -2.53. The van der Waals surface area contributed by atoms with Crippen LogP contribution in [0.4, 0.5) is 5.69 Å². The summed E-state index contributed by atoms with van der Waals surface area (Å²) in [5.74, 6) is 0.394. The summed E-state index contributed by atoms with van der Waals surface area (Å²) in [7, 11) is 1.70. The van der Waals surface area contributed by atoms with Crippen molar-refractivity contribution >= 4 is 17.5 Å². The molecule has 37 heavy (non-hydrogen) atoms. The second-order valence-electron chi connectivity index (χ2n) is 10.6. The van der Waals surface area contributed by atoms with Crippen LogP contribution >= 0.6 is 0 Å². The van der Waals surface area contributed by atoms with Gasteiger partial charge in [0.2, 0.25) is 5.91 Å². The van der Waals surface area contributed by atoms with Gasteiger partial charge in [-0.05, 0) is 68.8 Å². The van der Waals surface area contributed by atoms with Crippen molar-refractivity contribution in [3.05, 3.63) is 65.7 Å². The van der Waals surface area contributed by atoms with E-state index in [0.717, 1.165) is 24.2 Å². The summed E-state index contributed by atoms with van der Waals surface area (Å²) in [6.07, 6.45) is 6.55. The summed E-state index contributed by atoms with van der Waals surface area (Å²) in [6.45, 7) is 4.45. The van der Waals surface area contributed by atoms with E-state index in [1.807, 2.05) is 59.5 Å². The summed E-state index contributed by atoms with van der Waals surface area (Å²) >= 11 is 0. The van der Waals surface area contributed by atoms with E-state index in [1.54, 1.807) is 12.0 Å². The van der Waals surface area contributed by atoms with Crippen LogP contribution in [0, 0.1) is 5.92 Å². The third kappa shape index (κ3) is 5.83. The topological polar surface area (TPSA) is 65.1 Å². The molecule has 2 aromatic carbocycles. The van der Waals surface area contributed by atoms with Gasteiger partial charge in [0.25, 0.3) is 5.91 Å². The maximum atomic E-state index is 13.9. The highest BCUT2D eigenvalue weighted by atomic mass is 16.5. The standard InChI is InChI=1S/C30H40N4O3/c1-37-20-10-19-33(21-24-13-9-18-32-17-8-7-16-27(24)32)28(35)22-34-29(23-11-3-2-4-12-23)31-26-15-6-5-14-25(26)30(34)36/h2-6,11-12,14-15,24,27,29,31H,7-10,13,16-22H2,1H3/t24-,27+,29-/m0/s1. The molecule has 5 rings (SSSR count). The molecule has 2 fully saturated rings. The lowest BCUT2D eigenvalue weighted by molar-refractivity contribution is -0.134. The number of amides is 2. The molecular weight excluding hydrogens is 464 g/mol. The molecule has 0 unspecified atom stereocenters. The number of carbonyl (C=O) groups is 2. The molecule has 198 valence electrons. The summed E-state index contributed by atoms with van der Waals surface area (Å²) in [4.78, 5) is 34.0. The quantitative estimate of drug-likeness (QED) is 0.514. The first kappa shape index (κ1) is 25.7. The molecule has 0 spiro atoms. The lowest BCUT2D eigenvalue weighted by Gasteiger charge is -2.46. The first-order valence-electron chi connectivity index (χ1n) is 13.9. The van der Waals surface area contributed by atoms with Crippen molar-refractivity contribution in [2.75, 3.05) is 51.8 Å². The van der Waals surface area contributed by atoms with E-state index in [-0.39, 0.29) is 18.4 Å². The molecule has 2 aromatic rings. The van der Waals surface area contributed by atoms with Crippen LogP contribution < -0.4 is 5.32 Å². The van der Waals surface area contributed by atoms with E-state index in [2.05, 4.69) is 10.2 Å². The van der Waals surface area contributed by atoms with E-state index >= 15 is 0 Å². The van der Waals surface area contributed by atoms with E-state index in [1.165, 1.54) is 45.2 Å². The minimum atomic E-state index is -0.392. The Labute approximate surface area is 220 Å². The first-order chi connectivity index (χ1) is 18.2. The number of rotatable bonds is 9. The van der Waals surface area contributed by atoms with Crippen molar-refractivity contribution in [1.29, 1.82) is 0 Å². The van der Waals surface area contributed by atoms with Crippen LogP contribution in [-0.4, -0.2) is 79.0 Å². The summed E-state index contributed by atoms with van der Waals surface area (Å²) in [5.41, 5.74) is 2.38. The van der Waals surface area contributed by atoms with Crippen molar-refractivity contribution in [3.63, 3.8) is 0 Å². The Morgan fingerprint density at radius 2 is 1.81 bits per heavy atom. The number of carbonyl (C=O) groups excluding carboxylic acids is 2. The Bertz CT molecular complexity index is 1060. The number of hydrogen-bond donors (Lipinski definition) is 1. The fourth-order valence-corrected chi connectivity index (χ4v) is 6.39. The number of benzene rings is 2. The molecular formula is C30H40N4O3. The predicted molar refractivity (Wildman–Crippen MR) is 145 cm³/mol. The number of para-hydroxylation sites is 1. The Balaban J connectivity index is 1.37. The van der Waals surface area contributed by atoms with Crippen LogP contribution in [0.1, 0.15) is 60.6 Å². The third-order valence-electron chi connectivity index (χ3n) is 8.26. The average molecular weight is 505 g/mol. The number of piperidine rings is 2. The Kier molecular flexibility index (Phi) is 8.41. The molecule has 1 N–H and O–H groups in total. The predicted octanol–water partition coefficient (Wildman–Crippen LogP) is 4.38. The fraction of sp³-hybridized carbons (Fsp3) is 0.533. The summed E-state index contributed by atoms with van der Waals surface area (Å²) < 4.78 is 5.31. The molecule has 0 aromatic heterocycles. The van der Waals surface area contributed by atoms with Gasteiger partial charge in [-0.25, -0.2) is 0 Å². The van der Waals surface area contributed by atoms with Crippen LogP contribution in [0.5, 0.6) is 0 Å². The normalized spacial score (nSPS) is 23.6. The van der Waals surface area contributed by atoms with E-state index < -0.39 is 6.17 Å². The van der Waals surface area contributed by atoms with Gasteiger partial charge >= 0.3 is 0 Å². The van der Waals surface area contributed by atoms with Crippen molar-refractivity contribution in [2.24, 2.45) is 5.92 Å². The second-order valence-corrected chi connectivity index (χ2v) is 10.6. The molecule has 3 atom stereocenters. The number of ether oxygens (including phenoxy) is 1. The van der Waals surface area contributed by atoms with Crippen LogP contribution in [0.25, 0.3) is 0 Å². The van der Waals surface area contributed by atoms with Crippen LogP contribution in [0.15, 0.2) is 54.6 Å². The van der Waals surface area contributed by atoms with Gasteiger partial charge in [0.05, 0.1) is 5.56 Å². The molecule has 0 saturated carbocycles. The average Bonchev–Trinajstić information content (AvgIpc) is 2.94. The Hall–Kier alpha value is -2.90. The molecule has 7 nitrogen and oxygen atoms in total. The second kappa shape index (κ2) is 12.1. The molecule has 3 heterocycles. The van der Waals surface area contributed by atoms with E-state index in [0.29, 0.717) is 30.7 Å². The SMILES string of the molecule is COCCCN(C[C@@H]1CCCN2CCCC[C@H]12)C(=O)CN1C(=O)c2ccccc2N[C@@H]1c1ccccc1. The van der Waals surface area contributed by atoms with Gasteiger partial charge in [-0.1, -0.05) is 48.9 Å². The Morgan fingerprint density at radius 1 is 1.03 bits per heavy atom. The molecule has 3 aliphatic rings. The zero-order valence-electron chi connectivity index (χ0n) is 22.0. The smallest absolute Gasteiger partial charge is 0.258 e. The molecule has 2 amide bonds. The fourth-order valence-electron chi connectivity index (χ4n) is 6.39. The number of hydrogen-bond acceptors (Lipinski definition) is 5. The molecule has 7 heteroatoms. The summed E-state index contributed by atoms with van der Waals surface area (Å²) in [5, 5.41) is 3.52. The Morgan fingerprint density at radius 3 is 2.65 bits per heavy atom. The molecule has 2 saturated heterocycles. The van der Waals surface area contributed by atoms with E-state index in [9.17, 15) is 9.59 Å². The van der Waals surface area contributed by atoms with Gasteiger partial charge in [-0.15, -0.1) is 0 Å². The number of nitrogens with one attached hydrogen (secondary N) is 1. The van der Waals surface area contributed by atoms with Crippen LogP contribution in [-0.2, 0) is 9.53 Å². The van der Waals surface area contributed by atoms with Crippen LogP contribution in [0.2, 0.25) is 0 Å². The van der Waals surface area contributed by atoms with Crippen molar-refractivity contribution < 1.29 is 14.3 Å². The monoisotopic (exact) mass is 504 g/mol. The highest BCUT2D eigenvalue weighted by Gasteiger charge is 2.37. The largest absolute Gasteiger partial charge is 0.385 e. The zero-order chi connectivity index (χ0) is 25.6. The van der Waals surface area contributed by atoms with Gasteiger partial charge in [-0.2, -0.15) is 0 Å². The third-order valence-corrected chi connectivity index (χ3v) is 8.26. The molecule has 0 bridgehead atoms. The van der Waals surface area contributed by atoms with Crippen LogP contribution in [0.3, 0.4) is 0 Å². The number of nitrogens with zero attached hydrogens (tertiary/aromatic N) is 3. The zero-order valence-corrected chi connectivity index (χ0v) is 22.0. The first-order valence-corrected chi connectivity index (χ1v) is 13.9. The maximum absolute atomic E-state index is 13.9. The summed E-state index contributed by atoms with van der Waals surface area (Å²) in [6, 6.07) is 18.1. The molecule has 0 radical (unpaired) electrons. The maximum Gasteiger partial charge on any atom is 0.258 e. The van der Waals surface area contributed by atoms with Gasteiger partial charge in [0.15, 0.2) is 0 Å². The van der Waals surface area contributed by atoms with Gasteiger partial charge in [-0.3, -0.25) is 9.59 Å².